The quantitative estimate of drug-likeness (QED) is 0.233. The first kappa shape index (κ1) is 27.5. The normalized spacial score (nSPS) is 16.9. The molecule has 0 bridgehead atoms. The van der Waals surface area contributed by atoms with Crippen molar-refractivity contribution in [1.82, 2.24) is 9.88 Å². The van der Waals surface area contributed by atoms with Gasteiger partial charge in [0.15, 0.2) is 5.78 Å². The van der Waals surface area contributed by atoms with Gasteiger partial charge < -0.3 is 20.4 Å². The highest BCUT2D eigenvalue weighted by Crippen LogP contribution is 2.33. The highest BCUT2D eigenvalue weighted by molar-refractivity contribution is 7.12. The molecule has 212 valence electrons. The van der Waals surface area contributed by atoms with E-state index >= 15 is 0 Å². The summed E-state index contributed by atoms with van der Waals surface area (Å²) >= 11 is 1.27. The topological polar surface area (TPSA) is 107 Å². The SMILES string of the molecule is Cc1ncsc1C(=O)Nc1cccc(C(=O)c2ccc3c(c2)NC(=O)C3C=Nc2ccc(N3CCN(C)CC3)cc2)c1. The molecule has 4 aromatic rings. The van der Waals surface area contributed by atoms with Crippen LogP contribution in [0.3, 0.4) is 0 Å². The van der Waals surface area contributed by atoms with Crippen molar-refractivity contribution >= 4 is 57.9 Å². The Bertz CT molecular complexity index is 1690. The highest BCUT2D eigenvalue weighted by Gasteiger charge is 2.30. The second-order valence-corrected chi connectivity index (χ2v) is 11.3. The number of aliphatic imine (C=N–C) groups is 1. The first-order valence-corrected chi connectivity index (χ1v) is 14.6. The van der Waals surface area contributed by atoms with Crippen molar-refractivity contribution in [2.24, 2.45) is 4.99 Å². The molecule has 1 aromatic heterocycles. The van der Waals surface area contributed by atoms with Gasteiger partial charge in [0, 0.05) is 60.6 Å². The van der Waals surface area contributed by atoms with Gasteiger partial charge in [-0.3, -0.25) is 19.4 Å². The second-order valence-electron chi connectivity index (χ2n) is 10.5. The molecule has 1 unspecified atom stereocenters. The van der Waals surface area contributed by atoms with Crippen LogP contribution in [0.2, 0.25) is 0 Å². The molecule has 2 amide bonds. The number of aromatic nitrogens is 1. The summed E-state index contributed by atoms with van der Waals surface area (Å²) in [5.74, 6) is -1.21. The molecule has 0 saturated carbocycles. The minimum absolute atomic E-state index is 0.185. The van der Waals surface area contributed by atoms with E-state index in [1.165, 1.54) is 17.0 Å². The fourth-order valence-corrected chi connectivity index (χ4v) is 5.86. The summed E-state index contributed by atoms with van der Waals surface area (Å²) in [7, 11) is 2.14. The Labute approximate surface area is 247 Å². The van der Waals surface area contributed by atoms with Crippen LogP contribution < -0.4 is 15.5 Å². The van der Waals surface area contributed by atoms with E-state index in [-0.39, 0.29) is 17.6 Å². The van der Waals surface area contributed by atoms with Crippen molar-refractivity contribution in [3.05, 3.63) is 99.5 Å². The lowest BCUT2D eigenvalue weighted by Crippen LogP contribution is -2.44. The summed E-state index contributed by atoms with van der Waals surface area (Å²) < 4.78 is 0. The molecule has 1 atom stereocenters. The summed E-state index contributed by atoms with van der Waals surface area (Å²) in [5, 5.41) is 5.73. The van der Waals surface area contributed by atoms with Gasteiger partial charge in [0.1, 0.15) is 10.8 Å². The van der Waals surface area contributed by atoms with Crippen LogP contribution in [0.5, 0.6) is 0 Å². The number of thiazole rings is 1. The second kappa shape index (κ2) is 11.7. The molecule has 10 heteroatoms. The molecule has 0 radical (unpaired) electrons. The number of rotatable bonds is 7. The van der Waals surface area contributed by atoms with Crippen LogP contribution in [0.25, 0.3) is 0 Å². The van der Waals surface area contributed by atoms with Crippen LogP contribution in [0, 0.1) is 6.92 Å². The lowest BCUT2D eigenvalue weighted by Gasteiger charge is -2.34. The predicted octanol–water partition coefficient (Wildman–Crippen LogP) is 5.12. The zero-order chi connectivity index (χ0) is 29.2. The number of anilines is 3. The number of carbonyl (C=O) groups excluding carboxylic acids is 3. The Kier molecular flexibility index (Phi) is 7.64. The molecule has 42 heavy (non-hydrogen) atoms. The molecule has 2 N–H and O–H groups in total. The fraction of sp³-hybridized carbons (Fsp3) is 0.219. The number of fused-ring (bicyclic) bond motifs is 1. The van der Waals surface area contributed by atoms with E-state index in [0.717, 1.165) is 37.4 Å². The van der Waals surface area contributed by atoms with Gasteiger partial charge in [0.2, 0.25) is 5.91 Å². The van der Waals surface area contributed by atoms with Gasteiger partial charge in [-0.15, -0.1) is 11.3 Å². The smallest absolute Gasteiger partial charge is 0.267 e. The number of benzene rings is 3. The summed E-state index contributed by atoms with van der Waals surface area (Å²) in [6, 6.07) is 20.1. The average molecular weight is 579 g/mol. The number of aryl methyl sites for hydroxylation is 1. The van der Waals surface area contributed by atoms with Gasteiger partial charge in [-0.05, 0) is 62.0 Å². The van der Waals surface area contributed by atoms with Crippen molar-refractivity contribution in [3.63, 3.8) is 0 Å². The summed E-state index contributed by atoms with van der Waals surface area (Å²) in [6.07, 6.45) is 1.66. The minimum Gasteiger partial charge on any atom is -0.369 e. The molecule has 2 aliphatic heterocycles. The number of carbonyl (C=O) groups is 3. The molecular weight excluding hydrogens is 548 g/mol. The predicted molar refractivity (Wildman–Crippen MR) is 167 cm³/mol. The van der Waals surface area contributed by atoms with Crippen LogP contribution in [0.15, 0.2) is 77.2 Å². The zero-order valence-electron chi connectivity index (χ0n) is 23.3. The standard InChI is InChI=1S/C32H30N6O3S/c1-20-30(42-19-34-20)32(41)35-24-5-3-4-21(16-24)29(39)22-6-11-26-27(31(40)36-28(26)17-22)18-33-23-7-9-25(10-8-23)38-14-12-37(2)13-15-38/h3-11,16-19,27H,12-15H2,1-2H3,(H,35,41)(H,36,40). The minimum atomic E-state index is -0.546. The lowest BCUT2D eigenvalue weighted by atomic mass is 9.97. The summed E-state index contributed by atoms with van der Waals surface area (Å²) in [5.41, 5.74) is 6.98. The number of amides is 2. The maximum Gasteiger partial charge on any atom is 0.267 e. The number of nitrogens with zero attached hydrogens (tertiary/aromatic N) is 4. The van der Waals surface area contributed by atoms with Gasteiger partial charge in [0.25, 0.3) is 5.91 Å². The van der Waals surface area contributed by atoms with Gasteiger partial charge >= 0.3 is 0 Å². The van der Waals surface area contributed by atoms with Crippen molar-refractivity contribution in [2.45, 2.75) is 12.8 Å². The van der Waals surface area contributed by atoms with Gasteiger partial charge in [-0.2, -0.15) is 0 Å². The molecule has 0 spiro atoms. The fourth-order valence-electron chi connectivity index (χ4n) is 5.16. The number of nitrogens with one attached hydrogen (secondary N) is 2. The van der Waals surface area contributed by atoms with E-state index in [0.29, 0.717) is 33.1 Å². The van der Waals surface area contributed by atoms with Crippen LogP contribution in [-0.4, -0.2) is 66.9 Å². The third-order valence-corrected chi connectivity index (χ3v) is 8.54. The Balaban J connectivity index is 1.14. The van der Waals surface area contributed by atoms with E-state index in [1.54, 1.807) is 61.1 Å². The lowest BCUT2D eigenvalue weighted by molar-refractivity contribution is -0.115. The molecule has 6 rings (SSSR count). The van der Waals surface area contributed by atoms with E-state index in [4.69, 9.17) is 0 Å². The number of ketones is 1. The van der Waals surface area contributed by atoms with Crippen LogP contribution in [0.4, 0.5) is 22.7 Å². The molecule has 1 saturated heterocycles. The molecule has 9 nitrogen and oxygen atoms in total. The number of piperazine rings is 1. The third-order valence-electron chi connectivity index (χ3n) is 7.62. The average Bonchev–Trinajstić information content (AvgIpc) is 3.57. The van der Waals surface area contributed by atoms with Gasteiger partial charge in [-0.25, -0.2) is 4.98 Å². The molecule has 1 fully saturated rings. The van der Waals surface area contributed by atoms with E-state index in [1.807, 2.05) is 12.1 Å². The molecule has 2 aliphatic rings. The van der Waals surface area contributed by atoms with Crippen LogP contribution in [-0.2, 0) is 4.79 Å². The number of hydrogen-bond donors (Lipinski definition) is 2. The Morgan fingerprint density at radius 2 is 1.79 bits per heavy atom. The van der Waals surface area contributed by atoms with E-state index < -0.39 is 5.92 Å². The van der Waals surface area contributed by atoms with Crippen LogP contribution in [0.1, 0.15) is 42.8 Å². The van der Waals surface area contributed by atoms with Crippen molar-refractivity contribution in [2.75, 3.05) is 48.8 Å². The van der Waals surface area contributed by atoms with E-state index in [2.05, 4.69) is 49.6 Å². The van der Waals surface area contributed by atoms with Gasteiger partial charge in [-0.1, -0.05) is 24.3 Å². The maximum absolute atomic E-state index is 13.3. The van der Waals surface area contributed by atoms with Gasteiger partial charge in [0.05, 0.1) is 16.9 Å². The largest absolute Gasteiger partial charge is 0.369 e. The Morgan fingerprint density at radius 3 is 2.52 bits per heavy atom. The first-order chi connectivity index (χ1) is 20.4. The zero-order valence-corrected chi connectivity index (χ0v) is 24.1. The number of hydrogen-bond acceptors (Lipinski definition) is 8. The molecule has 3 heterocycles. The molecule has 0 aliphatic carbocycles. The maximum atomic E-state index is 13.3. The third kappa shape index (κ3) is 5.72. The monoisotopic (exact) mass is 578 g/mol. The summed E-state index contributed by atoms with van der Waals surface area (Å²) in [4.78, 5) is 52.7. The molecular formula is C32H30N6O3S. The van der Waals surface area contributed by atoms with Crippen molar-refractivity contribution < 1.29 is 14.4 Å². The van der Waals surface area contributed by atoms with Crippen LogP contribution >= 0.6 is 11.3 Å². The highest BCUT2D eigenvalue weighted by atomic mass is 32.1. The Morgan fingerprint density at radius 1 is 1.02 bits per heavy atom. The molecule has 3 aromatic carbocycles. The van der Waals surface area contributed by atoms with E-state index in [9.17, 15) is 14.4 Å². The first-order valence-electron chi connectivity index (χ1n) is 13.7. The summed E-state index contributed by atoms with van der Waals surface area (Å²) in [6.45, 7) is 5.86. The number of likely N-dealkylation sites (N-methyl/N-ethyl adjacent to an activating group) is 1. The van der Waals surface area contributed by atoms with Crippen molar-refractivity contribution in [1.29, 1.82) is 0 Å². The Hall–Kier alpha value is -4.67. The van der Waals surface area contributed by atoms with Crippen molar-refractivity contribution in [3.8, 4) is 0 Å².